The Morgan fingerprint density at radius 3 is 2.85 bits per heavy atom. The second-order valence-corrected chi connectivity index (χ2v) is 7.40. The number of amides is 1. The number of rotatable bonds is 5. The average molecular weight is 382 g/mol. The molecule has 1 aromatic rings. The second kappa shape index (κ2) is 10.3. The molecule has 146 valence electrons. The molecular weight excluding hydrogens is 350 g/mol. The molecular formula is C20H32ClN3O2. The second-order valence-electron chi connectivity index (χ2n) is 7.40. The first-order valence-corrected chi connectivity index (χ1v) is 9.53. The van der Waals surface area contributed by atoms with Crippen molar-refractivity contribution in [2.24, 2.45) is 5.92 Å². The van der Waals surface area contributed by atoms with E-state index in [-0.39, 0.29) is 30.3 Å². The van der Waals surface area contributed by atoms with Gasteiger partial charge in [-0.1, -0.05) is 29.8 Å². The molecule has 0 radical (unpaired) electrons. The number of hydrogen-bond acceptors (Lipinski definition) is 4. The molecule has 2 aliphatic rings. The average Bonchev–Trinajstić information content (AvgIpc) is 2.63. The highest BCUT2D eigenvalue weighted by Gasteiger charge is 2.27. The van der Waals surface area contributed by atoms with Gasteiger partial charge in [-0.25, -0.2) is 0 Å². The number of nitrogens with one attached hydrogen (secondary N) is 2. The minimum absolute atomic E-state index is 0. The fraction of sp³-hybridized carbons (Fsp3) is 0.650. The Hall–Kier alpha value is -1.14. The lowest BCUT2D eigenvalue weighted by Gasteiger charge is -2.35. The lowest BCUT2D eigenvalue weighted by molar-refractivity contribution is -0.126. The van der Waals surface area contributed by atoms with Crippen LogP contribution in [0.3, 0.4) is 0 Å². The zero-order valence-electron chi connectivity index (χ0n) is 15.9. The molecule has 0 aliphatic carbocycles. The largest absolute Gasteiger partial charge is 0.379 e. The standard InChI is InChI=1S/C20H31N3O2.ClH/c1-15-4-3-5-17(12-15)19(23-8-10-25-11-9-23)14-22-20(24)18-6-7-21-16(2)13-18;/h3-5,12,16,18-19,21H,6-11,13-14H2,1-2H3,(H,22,24);1H/t16-,18-,19?;/m0./s1. The summed E-state index contributed by atoms with van der Waals surface area (Å²) in [5.74, 6) is 0.346. The van der Waals surface area contributed by atoms with Crippen LogP contribution in [0.25, 0.3) is 0 Å². The Morgan fingerprint density at radius 1 is 1.38 bits per heavy atom. The number of halogens is 1. The summed E-state index contributed by atoms with van der Waals surface area (Å²) in [6, 6.07) is 9.27. The summed E-state index contributed by atoms with van der Waals surface area (Å²) in [4.78, 5) is 15.1. The Bertz CT molecular complexity index is 578. The number of nitrogens with zero attached hydrogens (tertiary/aromatic N) is 1. The number of aryl methyl sites for hydroxylation is 1. The monoisotopic (exact) mass is 381 g/mol. The summed E-state index contributed by atoms with van der Waals surface area (Å²) in [6.45, 7) is 9.24. The van der Waals surface area contributed by atoms with Crippen LogP contribution in [0.5, 0.6) is 0 Å². The summed E-state index contributed by atoms with van der Waals surface area (Å²) in [7, 11) is 0. The predicted molar refractivity (Wildman–Crippen MR) is 107 cm³/mol. The number of ether oxygens (including phenoxy) is 1. The van der Waals surface area contributed by atoms with Gasteiger partial charge in [0.25, 0.3) is 0 Å². The molecule has 1 aromatic carbocycles. The van der Waals surface area contributed by atoms with Gasteiger partial charge in [0.2, 0.25) is 5.91 Å². The molecule has 1 unspecified atom stereocenters. The van der Waals surface area contributed by atoms with E-state index in [4.69, 9.17) is 4.74 Å². The molecule has 1 amide bonds. The van der Waals surface area contributed by atoms with Crippen molar-refractivity contribution in [3.63, 3.8) is 0 Å². The van der Waals surface area contributed by atoms with E-state index < -0.39 is 0 Å². The summed E-state index contributed by atoms with van der Waals surface area (Å²) >= 11 is 0. The first-order chi connectivity index (χ1) is 12.1. The lowest BCUT2D eigenvalue weighted by atomic mass is 9.92. The highest BCUT2D eigenvalue weighted by Crippen LogP contribution is 2.23. The molecule has 0 spiro atoms. The van der Waals surface area contributed by atoms with Crippen molar-refractivity contribution in [2.75, 3.05) is 39.4 Å². The van der Waals surface area contributed by atoms with Gasteiger partial charge in [0, 0.05) is 31.6 Å². The van der Waals surface area contributed by atoms with Crippen LogP contribution in [0.15, 0.2) is 24.3 Å². The van der Waals surface area contributed by atoms with Crippen LogP contribution in [-0.2, 0) is 9.53 Å². The molecule has 3 rings (SSSR count). The van der Waals surface area contributed by atoms with Crippen molar-refractivity contribution in [3.05, 3.63) is 35.4 Å². The van der Waals surface area contributed by atoms with Crippen LogP contribution in [0, 0.1) is 12.8 Å². The number of hydrogen-bond donors (Lipinski definition) is 2. The summed E-state index contributed by atoms with van der Waals surface area (Å²) in [5.41, 5.74) is 2.54. The molecule has 0 bridgehead atoms. The van der Waals surface area contributed by atoms with Crippen molar-refractivity contribution in [2.45, 2.75) is 38.8 Å². The number of carbonyl (C=O) groups is 1. The normalized spacial score (nSPS) is 25.2. The SMILES string of the molecule is Cc1cccc(C(CNC(=O)[C@H]2CCN[C@@H](C)C2)N2CCOCC2)c1.Cl. The van der Waals surface area contributed by atoms with Crippen molar-refractivity contribution in [3.8, 4) is 0 Å². The zero-order chi connectivity index (χ0) is 17.6. The topological polar surface area (TPSA) is 53.6 Å². The number of carbonyl (C=O) groups excluding carboxylic acids is 1. The molecule has 2 fully saturated rings. The fourth-order valence-electron chi connectivity index (χ4n) is 3.94. The van der Waals surface area contributed by atoms with Crippen LogP contribution in [0.2, 0.25) is 0 Å². The summed E-state index contributed by atoms with van der Waals surface area (Å²) in [5, 5.41) is 6.65. The number of piperidine rings is 1. The van der Waals surface area contributed by atoms with Crippen molar-refractivity contribution < 1.29 is 9.53 Å². The Morgan fingerprint density at radius 2 is 2.15 bits per heavy atom. The van der Waals surface area contributed by atoms with E-state index in [9.17, 15) is 4.79 Å². The number of morpholine rings is 1. The smallest absolute Gasteiger partial charge is 0.223 e. The summed E-state index contributed by atoms with van der Waals surface area (Å²) < 4.78 is 5.51. The molecule has 2 heterocycles. The van der Waals surface area contributed by atoms with Gasteiger partial charge in [0.15, 0.2) is 0 Å². The van der Waals surface area contributed by atoms with Gasteiger partial charge in [0.05, 0.1) is 19.3 Å². The van der Waals surface area contributed by atoms with Crippen molar-refractivity contribution in [1.29, 1.82) is 0 Å². The third kappa shape index (κ3) is 5.68. The quantitative estimate of drug-likeness (QED) is 0.821. The predicted octanol–water partition coefficient (Wildman–Crippen LogP) is 2.29. The van der Waals surface area contributed by atoms with E-state index in [0.717, 1.165) is 45.7 Å². The first-order valence-electron chi connectivity index (χ1n) is 9.53. The van der Waals surface area contributed by atoms with Gasteiger partial charge in [-0.05, 0) is 38.8 Å². The van der Waals surface area contributed by atoms with Gasteiger partial charge in [-0.15, -0.1) is 12.4 Å². The van der Waals surface area contributed by atoms with Gasteiger partial charge in [-0.3, -0.25) is 9.69 Å². The third-order valence-corrected chi connectivity index (χ3v) is 5.38. The number of benzene rings is 1. The minimum Gasteiger partial charge on any atom is -0.379 e. The van der Waals surface area contributed by atoms with E-state index in [1.807, 2.05) is 0 Å². The van der Waals surface area contributed by atoms with Crippen LogP contribution in [-0.4, -0.2) is 56.2 Å². The molecule has 3 atom stereocenters. The molecule has 26 heavy (non-hydrogen) atoms. The van der Waals surface area contributed by atoms with Gasteiger partial charge >= 0.3 is 0 Å². The molecule has 6 heteroatoms. The molecule has 2 aliphatic heterocycles. The van der Waals surface area contributed by atoms with Crippen LogP contribution >= 0.6 is 12.4 Å². The third-order valence-electron chi connectivity index (χ3n) is 5.38. The highest BCUT2D eigenvalue weighted by atomic mass is 35.5. The van der Waals surface area contributed by atoms with Gasteiger partial charge < -0.3 is 15.4 Å². The zero-order valence-corrected chi connectivity index (χ0v) is 16.7. The van der Waals surface area contributed by atoms with Gasteiger partial charge in [-0.2, -0.15) is 0 Å². The molecule has 5 nitrogen and oxygen atoms in total. The van der Waals surface area contributed by atoms with E-state index in [1.165, 1.54) is 11.1 Å². The maximum atomic E-state index is 12.6. The molecule has 2 N–H and O–H groups in total. The van der Waals surface area contributed by atoms with Crippen molar-refractivity contribution >= 4 is 18.3 Å². The Kier molecular flexibility index (Phi) is 8.35. The Labute approximate surface area is 163 Å². The molecule has 0 saturated carbocycles. The molecule has 2 saturated heterocycles. The van der Waals surface area contributed by atoms with E-state index >= 15 is 0 Å². The van der Waals surface area contributed by atoms with Crippen LogP contribution in [0.1, 0.15) is 36.9 Å². The van der Waals surface area contributed by atoms with Crippen molar-refractivity contribution in [1.82, 2.24) is 15.5 Å². The Balaban J connectivity index is 0.00000243. The summed E-state index contributed by atoms with van der Waals surface area (Å²) in [6.07, 6.45) is 1.86. The lowest BCUT2D eigenvalue weighted by Crippen LogP contribution is -2.46. The maximum Gasteiger partial charge on any atom is 0.223 e. The van der Waals surface area contributed by atoms with E-state index in [0.29, 0.717) is 12.6 Å². The fourth-order valence-corrected chi connectivity index (χ4v) is 3.94. The highest BCUT2D eigenvalue weighted by molar-refractivity contribution is 5.85. The first kappa shape index (κ1) is 21.2. The van der Waals surface area contributed by atoms with E-state index in [1.54, 1.807) is 0 Å². The van der Waals surface area contributed by atoms with E-state index in [2.05, 4.69) is 53.6 Å². The maximum absolute atomic E-state index is 12.6. The van der Waals surface area contributed by atoms with Crippen LogP contribution in [0.4, 0.5) is 0 Å². The van der Waals surface area contributed by atoms with Crippen LogP contribution < -0.4 is 10.6 Å². The minimum atomic E-state index is 0. The molecule has 0 aromatic heterocycles. The van der Waals surface area contributed by atoms with Gasteiger partial charge in [0.1, 0.15) is 0 Å².